The molecule has 0 aliphatic carbocycles. The number of hydrogen-bond donors (Lipinski definition) is 0. The van der Waals surface area contributed by atoms with Gasteiger partial charge in [-0.2, -0.15) is 0 Å². The van der Waals surface area contributed by atoms with Crippen molar-refractivity contribution in [3.8, 4) is 0 Å². The van der Waals surface area contributed by atoms with E-state index in [0.717, 1.165) is 14.5 Å². The zero-order valence-corrected chi connectivity index (χ0v) is 13.9. The van der Waals surface area contributed by atoms with Crippen molar-refractivity contribution in [1.82, 2.24) is 4.48 Å². The number of nitrogens with zero attached hydrogens (tertiary/aromatic N) is 2. The molecule has 3 rings (SSSR count). The summed E-state index contributed by atoms with van der Waals surface area (Å²) in [5.74, 6) is 0.0363. The summed E-state index contributed by atoms with van der Waals surface area (Å²) in [4.78, 5) is 11.8. The van der Waals surface area contributed by atoms with Crippen LogP contribution in [0, 0.1) is 19.8 Å². The van der Waals surface area contributed by atoms with E-state index in [1.54, 1.807) is 31.2 Å². The van der Waals surface area contributed by atoms with Crippen LogP contribution in [-0.2, 0) is 4.79 Å². The van der Waals surface area contributed by atoms with Crippen LogP contribution in [0.4, 0.5) is 8.63 Å². The number of hydrogen-bond acceptors (Lipinski definition) is 1. The molecule has 1 aromatic rings. The number of carbonyl (C=O) groups excluding carboxylic acids is 1. The van der Waals surface area contributed by atoms with Crippen molar-refractivity contribution in [3.63, 3.8) is 0 Å². The number of rotatable bonds is 4. The highest BCUT2D eigenvalue weighted by atomic mass is 19.2. The standard InChI is InChI=1S/C17H21BF2N2O/c1-11(2)17(23)8-7-14-5-6-15-10-16-12(3)9-13(4)21(16)18(19,20)22(14)15/h5-6,9-11H,7-8H2,1-4H3. The maximum Gasteiger partial charge on any atom is 0.737 e. The van der Waals surface area contributed by atoms with Crippen LogP contribution in [-0.4, -0.2) is 27.4 Å². The van der Waals surface area contributed by atoms with Crippen molar-refractivity contribution in [3.05, 3.63) is 40.9 Å². The Morgan fingerprint density at radius 3 is 2.65 bits per heavy atom. The maximum absolute atomic E-state index is 15.1. The van der Waals surface area contributed by atoms with Gasteiger partial charge >= 0.3 is 6.97 Å². The molecule has 2 aliphatic heterocycles. The highest BCUT2D eigenvalue weighted by molar-refractivity contribution is 6.58. The summed E-state index contributed by atoms with van der Waals surface area (Å²) < 4.78 is 32.5. The monoisotopic (exact) mass is 318 g/mol. The number of ketones is 1. The van der Waals surface area contributed by atoms with Crippen LogP contribution in [0.5, 0.6) is 0 Å². The molecular formula is C17H21BF2N2O. The molecule has 0 N–H and O–H groups in total. The molecule has 0 atom stereocenters. The van der Waals surface area contributed by atoms with Gasteiger partial charge in [0.1, 0.15) is 11.5 Å². The summed E-state index contributed by atoms with van der Waals surface area (Å²) in [6, 6.07) is 1.79. The molecule has 23 heavy (non-hydrogen) atoms. The van der Waals surface area contributed by atoms with Gasteiger partial charge in [-0.25, -0.2) is 0 Å². The van der Waals surface area contributed by atoms with E-state index >= 15 is 8.63 Å². The molecule has 2 aliphatic rings. The van der Waals surface area contributed by atoms with Crippen molar-refractivity contribution in [2.24, 2.45) is 5.92 Å². The highest BCUT2D eigenvalue weighted by Gasteiger charge is 2.52. The fourth-order valence-electron chi connectivity index (χ4n) is 3.44. The van der Waals surface area contributed by atoms with Gasteiger partial charge in [0.2, 0.25) is 0 Å². The maximum atomic E-state index is 15.1. The first-order valence-electron chi connectivity index (χ1n) is 8.02. The van der Waals surface area contributed by atoms with Crippen LogP contribution >= 0.6 is 0 Å². The van der Waals surface area contributed by atoms with Crippen molar-refractivity contribution < 1.29 is 17.9 Å². The quantitative estimate of drug-likeness (QED) is 0.777. The Morgan fingerprint density at radius 1 is 1.30 bits per heavy atom. The van der Waals surface area contributed by atoms with Gasteiger partial charge in [0.15, 0.2) is 5.70 Å². The first-order valence-corrected chi connectivity index (χ1v) is 8.02. The minimum Gasteiger partial charge on any atom is -0.394 e. The third kappa shape index (κ3) is 2.40. The molecule has 0 amide bonds. The van der Waals surface area contributed by atoms with Gasteiger partial charge in [0.25, 0.3) is 0 Å². The van der Waals surface area contributed by atoms with Crippen molar-refractivity contribution in [2.75, 3.05) is 0 Å². The predicted octanol–water partition coefficient (Wildman–Crippen LogP) is 3.71. The number of Topliss-reactive ketones (excluding diaryl/α,β-unsaturated/α-hetero) is 1. The molecule has 0 saturated heterocycles. The number of halogens is 2. The summed E-state index contributed by atoms with van der Waals surface area (Å²) in [7, 11) is 0. The number of carbonyl (C=O) groups is 1. The molecule has 3 nitrogen and oxygen atoms in total. The second-order valence-electron chi connectivity index (χ2n) is 6.70. The van der Waals surface area contributed by atoms with E-state index in [1.165, 1.54) is 0 Å². The zero-order valence-electron chi connectivity index (χ0n) is 13.9. The lowest BCUT2D eigenvalue weighted by Crippen LogP contribution is -2.50. The lowest BCUT2D eigenvalue weighted by atomic mass is 9.90. The number of allylic oxidation sites excluding steroid dienone is 2. The molecule has 6 heteroatoms. The van der Waals surface area contributed by atoms with Gasteiger partial charge in [-0.3, -0.25) is 4.79 Å². The number of aromatic nitrogens is 1. The molecular weight excluding hydrogens is 297 g/mol. The molecule has 0 aromatic carbocycles. The van der Waals surface area contributed by atoms with Gasteiger partial charge in [-0.1, -0.05) is 13.8 Å². The molecule has 122 valence electrons. The third-order valence-corrected chi connectivity index (χ3v) is 4.68. The predicted molar refractivity (Wildman–Crippen MR) is 88.7 cm³/mol. The summed E-state index contributed by atoms with van der Waals surface area (Å²) >= 11 is 0. The Labute approximate surface area is 135 Å². The molecule has 1 aromatic heterocycles. The Morgan fingerprint density at radius 2 is 2.00 bits per heavy atom. The normalized spacial score (nSPS) is 18.3. The second kappa shape index (κ2) is 5.29. The lowest BCUT2D eigenvalue weighted by Gasteiger charge is -2.30. The van der Waals surface area contributed by atoms with Crippen LogP contribution in [0.2, 0.25) is 0 Å². The smallest absolute Gasteiger partial charge is 0.394 e. The van der Waals surface area contributed by atoms with Gasteiger partial charge in [-0.15, -0.1) is 0 Å². The van der Waals surface area contributed by atoms with E-state index < -0.39 is 6.97 Å². The Balaban J connectivity index is 2.02. The Bertz CT molecular complexity index is 785. The molecule has 3 heterocycles. The van der Waals surface area contributed by atoms with E-state index in [2.05, 4.69) is 0 Å². The van der Waals surface area contributed by atoms with E-state index in [-0.39, 0.29) is 11.7 Å². The van der Waals surface area contributed by atoms with Crippen LogP contribution < -0.4 is 0 Å². The summed E-state index contributed by atoms with van der Waals surface area (Å²) in [6.07, 6.45) is 5.87. The number of fused-ring (bicyclic) bond motifs is 2. The molecule has 0 saturated carbocycles. The first-order chi connectivity index (χ1) is 10.7. The Hall–Kier alpha value is -1.98. The average molecular weight is 318 g/mol. The fraction of sp³-hybridized carbons (Fsp3) is 0.412. The van der Waals surface area contributed by atoms with E-state index in [0.29, 0.717) is 35.6 Å². The first kappa shape index (κ1) is 15.9. The second-order valence-corrected chi connectivity index (χ2v) is 6.70. The topological polar surface area (TPSA) is 25.0 Å². The van der Waals surface area contributed by atoms with Gasteiger partial charge in [-0.05, 0) is 31.2 Å². The van der Waals surface area contributed by atoms with Crippen molar-refractivity contribution in [2.45, 2.75) is 40.5 Å². The Kier molecular flexibility index (Phi) is 3.66. The average Bonchev–Trinajstić information content (AvgIpc) is 2.99. The number of aryl methyl sites for hydroxylation is 2. The summed E-state index contributed by atoms with van der Waals surface area (Å²) in [5.41, 5.74) is 3.01. The van der Waals surface area contributed by atoms with Crippen LogP contribution in [0.1, 0.15) is 43.6 Å². The fourth-order valence-corrected chi connectivity index (χ4v) is 3.44. The van der Waals surface area contributed by atoms with E-state index in [4.69, 9.17) is 0 Å². The minimum absolute atomic E-state index is 0.0654. The summed E-state index contributed by atoms with van der Waals surface area (Å²) in [5, 5.41) is 0. The lowest BCUT2D eigenvalue weighted by molar-refractivity contribution is -0.362. The van der Waals surface area contributed by atoms with Crippen LogP contribution in [0.3, 0.4) is 0 Å². The largest absolute Gasteiger partial charge is 0.737 e. The highest BCUT2D eigenvalue weighted by Crippen LogP contribution is 2.34. The van der Waals surface area contributed by atoms with Crippen molar-refractivity contribution >= 4 is 24.5 Å². The van der Waals surface area contributed by atoms with E-state index in [1.807, 2.05) is 20.8 Å². The zero-order chi connectivity index (χ0) is 16.9. The van der Waals surface area contributed by atoms with Gasteiger partial charge < -0.3 is 17.6 Å². The minimum atomic E-state index is -3.92. The molecule has 0 unspecified atom stereocenters. The molecule has 0 bridgehead atoms. The van der Waals surface area contributed by atoms with Crippen LogP contribution in [0.15, 0.2) is 23.9 Å². The third-order valence-electron chi connectivity index (χ3n) is 4.68. The summed E-state index contributed by atoms with van der Waals surface area (Å²) in [6.45, 7) is 3.30. The van der Waals surface area contributed by atoms with E-state index in [9.17, 15) is 4.79 Å². The van der Waals surface area contributed by atoms with Crippen LogP contribution in [0.25, 0.3) is 6.08 Å². The molecule has 0 spiro atoms. The van der Waals surface area contributed by atoms with Gasteiger partial charge in [0.05, 0.1) is 0 Å². The molecule has 0 radical (unpaired) electrons. The molecule has 0 fully saturated rings. The SMILES string of the molecule is Cc1cc(C)n2c1C=C1C=CC(CCC(=O)C(C)C)=[N+]1[B-]2(F)F. The van der Waals surface area contributed by atoms with Gasteiger partial charge in [0, 0.05) is 42.7 Å². The van der Waals surface area contributed by atoms with Crippen molar-refractivity contribution in [1.29, 1.82) is 0 Å².